The summed E-state index contributed by atoms with van der Waals surface area (Å²) >= 11 is 0. The van der Waals surface area contributed by atoms with E-state index in [0.717, 1.165) is 5.01 Å². The summed E-state index contributed by atoms with van der Waals surface area (Å²) in [7, 11) is -2.06. The van der Waals surface area contributed by atoms with Gasteiger partial charge in [0, 0.05) is 33.0 Å². The molecule has 0 atom stereocenters. The number of carbonyl (C=O) groups is 2. The third-order valence-electron chi connectivity index (χ3n) is 4.46. The second kappa shape index (κ2) is 9.33. The van der Waals surface area contributed by atoms with Crippen molar-refractivity contribution in [1.82, 2.24) is 9.31 Å². The number of nitrogens with zero attached hydrogens (tertiary/aromatic N) is 3. The lowest BCUT2D eigenvalue weighted by Gasteiger charge is -2.26. The van der Waals surface area contributed by atoms with E-state index in [1.807, 2.05) is 0 Å². The van der Waals surface area contributed by atoms with E-state index in [2.05, 4.69) is 5.10 Å². The summed E-state index contributed by atoms with van der Waals surface area (Å²) < 4.78 is 42.3. The molecule has 1 saturated heterocycles. The van der Waals surface area contributed by atoms with Gasteiger partial charge in [-0.1, -0.05) is 0 Å². The Hall–Kier alpha value is -2.50. The Bertz CT molecular complexity index is 877. The highest BCUT2D eigenvalue weighted by Crippen LogP contribution is 2.20. The number of rotatable bonds is 7. The van der Waals surface area contributed by atoms with Crippen molar-refractivity contribution in [2.75, 3.05) is 46.6 Å². The monoisotopic (exact) mass is 425 g/mol. The van der Waals surface area contributed by atoms with Gasteiger partial charge < -0.3 is 14.2 Å². The van der Waals surface area contributed by atoms with Gasteiger partial charge in [-0.15, -0.1) is 0 Å². The van der Waals surface area contributed by atoms with Crippen molar-refractivity contribution in [3.05, 3.63) is 24.3 Å². The highest BCUT2D eigenvalue weighted by molar-refractivity contribution is 7.89. The van der Waals surface area contributed by atoms with Gasteiger partial charge in [0.1, 0.15) is 24.7 Å². The molecule has 2 aliphatic rings. The smallest absolute Gasteiger partial charge is 0.354 e. The van der Waals surface area contributed by atoms with Gasteiger partial charge in [-0.2, -0.15) is 9.41 Å². The van der Waals surface area contributed by atoms with Gasteiger partial charge in [0.2, 0.25) is 15.9 Å². The van der Waals surface area contributed by atoms with Crippen LogP contribution in [0.2, 0.25) is 0 Å². The average molecular weight is 425 g/mol. The second-order valence-electron chi connectivity index (χ2n) is 6.44. The maximum Gasteiger partial charge on any atom is 0.354 e. The third kappa shape index (κ3) is 5.31. The normalized spacial score (nSPS) is 18.3. The number of benzene rings is 1. The molecule has 158 valence electrons. The van der Waals surface area contributed by atoms with Crippen molar-refractivity contribution in [3.63, 3.8) is 0 Å². The van der Waals surface area contributed by atoms with Gasteiger partial charge in [0.05, 0.1) is 18.1 Å². The van der Waals surface area contributed by atoms with Crippen molar-refractivity contribution in [1.29, 1.82) is 0 Å². The van der Waals surface area contributed by atoms with Crippen LogP contribution in [0.5, 0.6) is 5.75 Å². The van der Waals surface area contributed by atoms with Crippen molar-refractivity contribution in [2.24, 2.45) is 5.10 Å². The minimum atomic E-state index is -3.55. The fraction of sp³-hybridized carbons (Fsp3) is 0.500. The fourth-order valence-electron chi connectivity index (χ4n) is 2.84. The van der Waals surface area contributed by atoms with Crippen LogP contribution in [0.3, 0.4) is 0 Å². The Balaban J connectivity index is 1.46. The molecule has 1 aromatic rings. The Morgan fingerprint density at radius 1 is 1.14 bits per heavy atom. The van der Waals surface area contributed by atoms with Crippen LogP contribution in [0, 0.1) is 0 Å². The summed E-state index contributed by atoms with van der Waals surface area (Å²) in [5, 5.41) is 5.02. The molecule has 0 aliphatic carbocycles. The molecule has 1 aromatic carbocycles. The first kappa shape index (κ1) is 21.2. The molecule has 2 aliphatic heterocycles. The summed E-state index contributed by atoms with van der Waals surface area (Å²) in [5.41, 5.74) is 0.199. The maximum atomic E-state index is 12.6. The number of amides is 1. The first-order valence-electron chi connectivity index (χ1n) is 9.20. The van der Waals surface area contributed by atoms with E-state index in [4.69, 9.17) is 14.2 Å². The van der Waals surface area contributed by atoms with E-state index in [0.29, 0.717) is 32.1 Å². The zero-order valence-electron chi connectivity index (χ0n) is 16.1. The number of hydrazone groups is 1. The first-order chi connectivity index (χ1) is 13.9. The Morgan fingerprint density at radius 3 is 2.48 bits per heavy atom. The average Bonchev–Trinajstić information content (AvgIpc) is 2.74. The van der Waals surface area contributed by atoms with Crippen LogP contribution in [0.15, 0.2) is 34.3 Å². The number of morpholine rings is 1. The lowest BCUT2D eigenvalue weighted by molar-refractivity contribution is -0.137. The van der Waals surface area contributed by atoms with Crippen molar-refractivity contribution in [2.45, 2.75) is 17.7 Å². The van der Waals surface area contributed by atoms with E-state index < -0.39 is 16.0 Å². The molecule has 29 heavy (non-hydrogen) atoms. The van der Waals surface area contributed by atoms with Gasteiger partial charge in [-0.3, -0.25) is 4.79 Å². The first-order valence-corrected chi connectivity index (χ1v) is 10.6. The van der Waals surface area contributed by atoms with Crippen molar-refractivity contribution >= 4 is 27.6 Å². The number of hydrogen-bond acceptors (Lipinski definition) is 8. The highest BCUT2D eigenvalue weighted by Gasteiger charge is 2.26. The Morgan fingerprint density at radius 2 is 1.83 bits per heavy atom. The molecule has 1 amide bonds. The lowest BCUT2D eigenvalue weighted by Crippen LogP contribution is -2.40. The molecular weight excluding hydrogens is 402 g/mol. The molecular formula is C18H23N3O7S. The van der Waals surface area contributed by atoms with E-state index in [9.17, 15) is 18.0 Å². The van der Waals surface area contributed by atoms with Crippen LogP contribution in [0.4, 0.5) is 0 Å². The Kier molecular flexibility index (Phi) is 6.83. The number of esters is 1. The van der Waals surface area contributed by atoms with Crippen LogP contribution >= 0.6 is 0 Å². The van der Waals surface area contributed by atoms with E-state index in [1.165, 1.54) is 23.5 Å². The molecule has 0 unspecified atom stereocenters. The Labute approximate surface area is 169 Å². The molecule has 0 bridgehead atoms. The van der Waals surface area contributed by atoms with Crippen LogP contribution in [0.1, 0.15) is 12.8 Å². The molecule has 0 aromatic heterocycles. The molecule has 2 heterocycles. The molecule has 10 nitrogen and oxygen atoms in total. The second-order valence-corrected chi connectivity index (χ2v) is 8.37. The summed E-state index contributed by atoms with van der Waals surface area (Å²) in [4.78, 5) is 23.5. The SMILES string of the molecule is CN1N=C(C(=O)OCCOc2ccc(S(=O)(=O)N3CCOCC3)cc2)CCC1=O. The molecule has 11 heteroatoms. The summed E-state index contributed by atoms with van der Waals surface area (Å²) in [6.07, 6.45) is 0.475. The molecule has 0 saturated carbocycles. The van der Waals surface area contributed by atoms with E-state index in [-0.39, 0.29) is 42.6 Å². The minimum absolute atomic E-state index is 0.00332. The minimum Gasteiger partial charge on any atom is -0.490 e. The zero-order valence-corrected chi connectivity index (χ0v) is 16.9. The van der Waals surface area contributed by atoms with Crippen molar-refractivity contribution in [3.8, 4) is 5.75 Å². The van der Waals surface area contributed by atoms with Gasteiger partial charge >= 0.3 is 5.97 Å². The molecule has 0 spiro atoms. The quantitative estimate of drug-likeness (QED) is 0.454. The predicted octanol–water partition coefficient (Wildman–Crippen LogP) is 0.238. The summed E-state index contributed by atoms with van der Waals surface area (Å²) in [5.74, 6) is -0.272. The van der Waals surface area contributed by atoms with E-state index >= 15 is 0 Å². The molecule has 3 rings (SSSR count). The zero-order chi connectivity index (χ0) is 20.9. The van der Waals surface area contributed by atoms with Crippen LogP contribution < -0.4 is 4.74 Å². The molecule has 1 fully saturated rings. The predicted molar refractivity (Wildman–Crippen MR) is 102 cm³/mol. The standard InChI is InChI=1S/C18H23N3O7S/c1-20-17(22)7-6-16(19-20)18(23)28-13-12-27-14-2-4-15(5-3-14)29(24,25)21-8-10-26-11-9-21/h2-5H,6-13H2,1H3. The van der Waals surface area contributed by atoms with E-state index in [1.54, 1.807) is 12.1 Å². The van der Waals surface area contributed by atoms with Gasteiger partial charge in [-0.05, 0) is 24.3 Å². The summed E-state index contributed by atoms with van der Waals surface area (Å²) in [6.45, 7) is 1.55. The van der Waals surface area contributed by atoms with Crippen LogP contribution in [-0.2, 0) is 29.1 Å². The maximum absolute atomic E-state index is 12.6. The fourth-order valence-corrected chi connectivity index (χ4v) is 4.25. The highest BCUT2D eigenvalue weighted by atomic mass is 32.2. The van der Waals surface area contributed by atoms with Gasteiger partial charge in [-0.25, -0.2) is 18.2 Å². The van der Waals surface area contributed by atoms with Crippen LogP contribution in [-0.4, -0.2) is 81.9 Å². The number of hydrogen-bond donors (Lipinski definition) is 0. The van der Waals surface area contributed by atoms with Crippen molar-refractivity contribution < 1.29 is 32.2 Å². The van der Waals surface area contributed by atoms with Crippen LogP contribution in [0.25, 0.3) is 0 Å². The molecule has 0 N–H and O–H groups in total. The topological polar surface area (TPSA) is 115 Å². The largest absolute Gasteiger partial charge is 0.490 e. The summed E-state index contributed by atoms with van der Waals surface area (Å²) in [6, 6.07) is 6.08. The molecule has 0 radical (unpaired) electrons. The third-order valence-corrected chi connectivity index (χ3v) is 6.37. The van der Waals surface area contributed by atoms with Gasteiger partial charge in [0.15, 0.2) is 0 Å². The number of carbonyl (C=O) groups excluding carboxylic acids is 2. The number of sulfonamides is 1. The number of ether oxygens (including phenoxy) is 3. The van der Waals surface area contributed by atoms with Gasteiger partial charge in [0.25, 0.3) is 0 Å². The lowest BCUT2D eigenvalue weighted by atomic mass is 10.2.